The smallest absolute Gasteiger partial charge is 0.165 e. The molecule has 1 saturated carbocycles. The number of rotatable bonds is 9. The molecule has 9 heteroatoms. The topological polar surface area (TPSA) is 108 Å². The SMILES string of the molecule is COc1ccc(C(OC[C@@H]2/C(=C/F)[C@H](n3cnc4c(N)ncnc43)[C@H]2CO)(c2ccccc2)c2ccccc2)cc1. The first-order valence-electron chi connectivity index (χ1n) is 13.4. The van der Waals surface area contributed by atoms with Crippen molar-refractivity contribution in [3.63, 3.8) is 0 Å². The van der Waals surface area contributed by atoms with Crippen molar-refractivity contribution >= 4 is 17.0 Å². The molecular weight excluding hydrogens is 521 g/mol. The zero-order chi connectivity index (χ0) is 28.4. The molecule has 0 saturated heterocycles. The lowest BCUT2D eigenvalue weighted by atomic mass is 9.65. The van der Waals surface area contributed by atoms with Gasteiger partial charge in [0.1, 0.15) is 23.2 Å². The summed E-state index contributed by atoms with van der Waals surface area (Å²) in [6.07, 6.45) is 3.53. The van der Waals surface area contributed by atoms with E-state index in [2.05, 4.69) is 15.0 Å². The van der Waals surface area contributed by atoms with E-state index in [0.29, 0.717) is 23.1 Å². The van der Waals surface area contributed by atoms with Crippen LogP contribution in [0, 0.1) is 11.8 Å². The Morgan fingerprint density at radius 1 is 0.927 bits per heavy atom. The first-order chi connectivity index (χ1) is 20.1. The molecule has 6 rings (SSSR count). The van der Waals surface area contributed by atoms with Crippen LogP contribution in [0.5, 0.6) is 5.75 Å². The maximum absolute atomic E-state index is 14.6. The Bertz CT molecular complexity index is 1620. The maximum atomic E-state index is 14.6. The van der Waals surface area contributed by atoms with E-state index in [4.69, 9.17) is 15.2 Å². The van der Waals surface area contributed by atoms with Crippen molar-refractivity contribution in [2.45, 2.75) is 11.6 Å². The quantitative estimate of drug-likeness (QED) is 0.247. The van der Waals surface area contributed by atoms with Crippen LogP contribution in [-0.4, -0.2) is 44.9 Å². The molecule has 1 fully saturated rings. The summed E-state index contributed by atoms with van der Waals surface area (Å²) in [4.78, 5) is 12.7. The van der Waals surface area contributed by atoms with Crippen LogP contribution in [0.4, 0.5) is 10.2 Å². The fraction of sp³-hybridized carbons (Fsp3) is 0.219. The van der Waals surface area contributed by atoms with Gasteiger partial charge in [-0.25, -0.2) is 19.3 Å². The summed E-state index contributed by atoms with van der Waals surface area (Å²) in [5, 5.41) is 10.5. The Morgan fingerprint density at radius 3 is 2.15 bits per heavy atom. The zero-order valence-electron chi connectivity index (χ0n) is 22.5. The molecule has 0 bridgehead atoms. The highest BCUT2D eigenvalue weighted by atomic mass is 19.1. The lowest BCUT2D eigenvalue weighted by Crippen LogP contribution is -2.47. The maximum Gasteiger partial charge on any atom is 0.165 e. The largest absolute Gasteiger partial charge is 0.497 e. The summed E-state index contributed by atoms with van der Waals surface area (Å²) < 4.78 is 28.7. The van der Waals surface area contributed by atoms with E-state index < -0.39 is 17.6 Å². The van der Waals surface area contributed by atoms with E-state index in [1.54, 1.807) is 18.0 Å². The third-order valence-electron chi connectivity index (χ3n) is 8.05. The Hall–Kier alpha value is -4.60. The number of ether oxygens (including phenoxy) is 2. The van der Waals surface area contributed by atoms with Crippen molar-refractivity contribution in [2.24, 2.45) is 11.8 Å². The number of aromatic nitrogens is 4. The fourth-order valence-corrected chi connectivity index (χ4v) is 5.98. The number of nitrogen functional groups attached to an aromatic ring is 1. The number of fused-ring (bicyclic) bond motifs is 1. The molecule has 0 aliphatic heterocycles. The average molecular weight is 552 g/mol. The van der Waals surface area contributed by atoms with E-state index >= 15 is 0 Å². The van der Waals surface area contributed by atoms with E-state index in [1.807, 2.05) is 84.9 Å². The number of nitrogens with zero attached hydrogens (tertiary/aromatic N) is 4. The minimum atomic E-state index is -1.01. The number of halogens is 1. The molecule has 2 heterocycles. The van der Waals surface area contributed by atoms with Crippen LogP contribution in [0.3, 0.4) is 0 Å². The van der Waals surface area contributed by atoms with Gasteiger partial charge in [-0.05, 0) is 34.4 Å². The molecule has 5 aromatic rings. The van der Waals surface area contributed by atoms with Gasteiger partial charge >= 0.3 is 0 Å². The van der Waals surface area contributed by atoms with E-state index in [0.717, 1.165) is 22.4 Å². The molecule has 1 aliphatic carbocycles. The number of imidazole rings is 1. The summed E-state index contributed by atoms with van der Waals surface area (Å²) in [6.45, 7) is -0.0282. The minimum Gasteiger partial charge on any atom is -0.497 e. The van der Waals surface area contributed by atoms with Gasteiger partial charge in [0, 0.05) is 18.4 Å². The lowest BCUT2D eigenvalue weighted by molar-refractivity contribution is -0.0443. The number of nitrogens with two attached hydrogens (primary N) is 1. The predicted octanol–water partition coefficient (Wildman–Crippen LogP) is 5.06. The van der Waals surface area contributed by atoms with Crippen LogP contribution in [0.1, 0.15) is 22.7 Å². The summed E-state index contributed by atoms with van der Waals surface area (Å²) in [5.41, 5.74) is 9.12. The van der Waals surface area contributed by atoms with E-state index in [-0.39, 0.29) is 24.9 Å². The third kappa shape index (κ3) is 4.43. The molecule has 208 valence electrons. The van der Waals surface area contributed by atoms with Gasteiger partial charge < -0.3 is 24.9 Å². The van der Waals surface area contributed by atoms with Crippen LogP contribution in [-0.2, 0) is 10.3 Å². The van der Waals surface area contributed by atoms with Crippen molar-refractivity contribution in [1.82, 2.24) is 19.5 Å². The summed E-state index contributed by atoms with van der Waals surface area (Å²) in [6, 6.07) is 27.2. The van der Waals surface area contributed by atoms with Gasteiger partial charge in [0.2, 0.25) is 0 Å². The number of benzene rings is 3. The highest BCUT2D eigenvalue weighted by Crippen LogP contribution is 2.51. The number of methoxy groups -OCH3 is 1. The average Bonchev–Trinajstić information content (AvgIpc) is 3.45. The van der Waals surface area contributed by atoms with Crippen molar-refractivity contribution in [3.8, 4) is 5.75 Å². The van der Waals surface area contributed by atoms with Crippen LogP contribution in [0.15, 0.2) is 109 Å². The molecule has 3 N–H and O–H groups in total. The molecule has 0 unspecified atom stereocenters. The second-order valence-electron chi connectivity index (χ2n) is 10.0. The molecule has 0 radical (unpaired) electrons. The molecule has 1 aliphatic rings. The molecule has 2 aromatic heterocycles. The number of aliphatic hydroxyl groups excluding tert-OH is 1. The summed E-state index contributed by atoms with van der Waals surface area (Å²) in [5.74, 6) is 0.238. The van der Waals surface area contributed by atoms with Gasteiger partial charge in [0.15, 0.2) is 11.5 Å². The summed E-state index contributed by atoms with van der Waals surface area (Å²) >= 11 is 0. The Kier molecular flexibility index (Phi) is 7.21. The minimum absolute atomic E-state index is 0.150. The van der Waals surface area contributed by atoms with Gasteiger partial charge in [-0.15, -0.1) is 0 Å². The van der Waals surface area contributed by atoms with E-state index in [1.165, 1.54) is 6.33 Å². The van der Waals surface area contributed by atoms with Crippen LogP contribution in [0.2, 0.25) is 0 Å². The highest BCUT2D eigenvalue weighted by molar-refractivity contribution is 5.81. The predicted molar refractivity (Wildman–Crippen MR) is 154 cm³/mol. The number of hydrogen-bond donors (Lipinski definition) is 2. The second-order valence-corrected chi connectivity index (χ2v) is 10.0. The Balaban J connectivity index is 1.40. The van der Waals surface area contributed by atoms with Crippen molar-refractivity contribution < 1.29 is 19.0 Å². The van der Waals surface area contributed by atoms with Gasteiger partial charge in [0.25, 0.3) is 0 Å². The number of anilines is 1. The van der Waals surface area contributed by atoms with Crippen molar-refractivity contribution in [2.75, 3.05) is 26.1 Å². The standard InChI is InChI=1S/C32H30FN5O3/c1-40-24-14-12-23(13-15-24)32(21-8-4-2-5-9-21,22-10-6-3-7-11-22)41-18-27-25(16-33)29(26(27)17-39)38-20-37-28-30(34)35-19-36-31(28)38/h2-16,19-20,26-27,29,39H,17-18H2,1H3,(H2,34,35,36)/b25-16-/t26-,27+,29-/m0/s1. The molecule has 0 amide bonds. The van der Waals surface area contributed by atoms with Gasteiger partial charge in [-0.2, -0.15) is 0 Å². The molecule has 3 aromatic carbocycles. The van der Waals surface area contributed by atoms with Gasteiger partial charge in [0.05, 0.1) is 32.4 Å². The molecular formula is C32H30FN5O3. The first kappa shape index (κ1) is 26.6. The Morgan fingerprint density at radius 2 is 1.56 bits per heavy atom. The normalized spacial score (nSPS) is 19.8. The Labute approximate surface area is 236 Å². The van der Waals surface area contributed by atoms with Gasteiger partial charge in [-0.1, -0.05) is 72.8 Å². The highest BCUT2D eigenvalue weighted by Gasteiger charge is 2.49. The van der Waals surface area contributed by atoms with E-state index in [9.17, 15) is 9.50 Å². The first-order valence-corrected chi connectivity index (χ1v) is 13.4. The molecule has 41 heavy (non-hydrogen) atoms. The second kappa shape index (κ2) is 11.1. The lowest BCUT2D eigenvalue weighted by Gasteiger charge is -2.48. The monoisotopic (exact) mass is 551 g/mol. The molecule has 3 atom stereocenters. The van der Waals surface area contributed by atoms with Crippen molar-refractivity contribution in [3.05, 3.63) is 126 Å². The van der Waals surface area contributed by atoms with Crippen LogP contribution in [0.25, 0.3) is 11.2 Å². The van der Waals surface area contributed by atoms with Crippen LogP contribution < -0.4 is 10.5 Å². The molecule has 8 nitrogen and oxygen atoms in total. The fourth-order valence-electron chi connectivity index (χ4n) is 5.98. The van der Waals surface area contributed by atoms with Gasteiger partial charge in [-0.3, -0.25) is 0 Å². The summed E-state index contributed by atoms with van der Waals surface area (Å²) in [7, 11) is 1.63. The third-order valence-corrected chi connectivity index (χ3v) is 8.05. The van der Waals surface area contributed by atoms with Crippen LogP contribution >= 0.6 is 0 Å². The molecule has 0 spiro atoms. The number of aliphatic hydroxyl groups is 1. The van der Waals surface area contributed by atoms with Crippen molar-refractivity contribution in [1.29, 1.82) is 0 Å². The zero-order valence-corrected chi connectivity index (χ0v) is 22.5. The number of hydrogen-bond acceptors (Lipinski definition) is 7.